The first-order chi connectivity index (χ1) is 16.3. The van der Waals surface area contributed by atoms with E-state index in [0.717, 1.165) is 13.8 Å². The summed E-state index contributed by atoms with van der Waals surface area (Å²) in [7, 11) is 0. The van der Waals surface area contributed by atoms with E-state index in [0.29, 0.717) is 18.6 Å². The minimum atomic E-state index is -5.71. The first-order valence-corrected chi connectivity index (χ1v) is 10.6. The minimum Gasteiger partial charge on any atom is -0.463 e. The van der Waals surface area contributed by atoms with Crippen molar-refractivity contribution < 1.29 is 49.9 Å². The number of carbonyl (C=O) groups excluding carboxylic acids is 2. The molecule has 0 spiro atoms. The van der Waals surface area contributed by atoms with Gasteiger partial charge >= 0.3 is 12.1 Å². The number of hydrogen-bond donors (Lipinski definition) is 1. The van der Waals surface area contributed by atoms with E-state index in [1.54, 1.807) is 19.9 Å². The Morgan fingerprint density at radius 1 is 0.972 bits per heavy atom. The molecule has 0 aliphatic carbocycles. The Kier molecular flexibility index (Phi) is 10.1. The quantitative estimate of drug-likeness (QED) is 0.0966. The van der Waals surface area contributed by atoms with Gasteiger partial charge in [0.25, 0.3) is 5.91 Å². The van der Waals surface area contributed by atoms with Gasteiger partial charge in [-0.1, -0.05) is 25.1 Å². The van der Waals surface area contributed by atoms with Crippen LogP contribution in [-0.4, -0.2) is 29.8 Å². The smallest absolute Gasteiger partial charge is 0.422 e. The molecule has 0 fully saturated rings. The van der Waals surface area contributed by atoms with E-state index < -0.39 is 63.6 Å². The molecular weight excluding hydrogens is 501 g/mol. The predicted molar refractivity (Wildman–Crippen MR) is 117 cm³/mol. The van der Waals surface area contributed by atoms with Crippen molar-refractivity contribution in [3.8, 4) is 0 Å². The van der Waals surface area contributed by atoms with Crippen LogP contribution in [0.4, 0.5) is 36.4 Å². The third-order valence-electron chi connectivity index (χ3n) is 4.71. The highest BCUT2D eigenvalue weighted by Gasteiger charge is 2.43. The summed E-state index contributed by atoms with van der Waals surface area (Å²) in [6.07, 6.45) is -2.03. The molecule has 202 valence electrons. The average Bonchev–Trinajstić information content (AvgIpc) is 2.72. The summed E-state index contributed by atoms with van der Waals surface area (Å²) >= 11 is 0. The lowest BCUT2D eigenvalue weighted by Gasteiger charge is -2.25. The van der Waals surface area contributed by atoms with Gasteiger partial charge in [0.1, 0.15) is 11.3 Å². The SMILES string of the molecule is CCOC(=O)/C=C/CC(C)(C)C/C(C)=N/OC(C)(C)C(=O)Nc1c(F)c(F)c(C(F)(F)F)c(F)c1F. The van der Waals surface area contributed by atoms with E-state index in [4.69, 9.17) is 9.57 Å². The first kappa shape index (κ1) is 30.9. The molecule has 36 heavy (non-hydrogen) atoms. The molecule has 0 aromatic heterocycles. The van der Waals surface area contributed by atoms with Crippen molar-refractivity contribution in [1.82, 2.24) is 0 Å². The largest absolute Gasteiger partial charge is 0.463 e. The number of nitrogens with one attached hydrogen (secondary N) is 1. The van der Waals surface area contributed by atoms with E-state index in [-0.39, 0.29) is 6.61 Å². The number of alkyl halides is 3. The number of ether oxygens (including phenoxy) is 1. The predicted octanol–water partition coefficient (Wildman–Crippen LogP) is 6.30. The highest BCUT2D eigenvalue weighted by atomic mass is 19.4. The Morgan fingerprint density at radius 3 is 1.97 bits per heavy atom. The number of rotatable bonds is 10. The molecule has 1 amide bonds. The van der Waals surface area contributed by atoms with Gasteiger partial charge in [-0.2, -0.15) is 13.2 Å². The number of nitrogens with zero attached hydrogens (tertiary/aromatic N) is 1. The maximum absolute atomic E-state index is 14.1. The Labute approximate surface area is 203 Å². The second-order valence-corrected chi connectivity index (χ2v) is 9.09. The van der Waals surface area contributed by atoms with Gasteiger partial charge in [0, 0.05) is 6.08 Å². The molecule has 0 aliphatic rings. The number of allylic oxidation sites excluding steroid dienone is 1. The molecule has 0 aliphatic heterocycles. The van der Waals surface area contributed by atoms with Gasteiger partial charge in [0.15, 0.2) is 23.3 Å². The summed E-state index contributed by atoms with van der Waals surface area (Å²) in [5, 5.41) is 5.31. The normalized spacial score (nSPS) is 13.2. The minimum absolute atomic E-state index is 0.237. The van der Waals surface area contributed by atoms with Crippen molar-refractivity contribution in [2.45, 2.75) is 66.2 Å². The number of oxime groups is 1. The molecule has 6 nitrogen and oxygen atoms in total. The number of anilines is 1. The van der Waals surface area contributed by atoms with Crippen LogP contribution in [-0.2, 0) is 25.3 Å². The van der Waals surface area contributed by atoms with Crippen LogP contribution in [0.25, 0.3) is 0 Å². The Morgan fingerprint density at radius 2 is 1.50 bits per heavy atom. The van der Waals surface area contributed by atoms with Gasteiger partial charge in [0.05, 0.1) is 12.3 Å². The van der Waals surface area contributed by atoms with Crippen LogP contribution in [0.1, 0.15) is 59.9 Å². The third-order valence-corrected chi connectivity index (χ3v) is 4.71. The summed E-state index contributed by atoms with van der Waals surface area (Å²) in [5.74, 6) is -12.1. The molecule has 0 heterocycles. The topological polar surface area (TPSA) is 77.0 Å². The van der Waals surface area contributed by atoms with Gasteiger partial charge in [-0.05, 0) is 46.0 Å². The summed E-state index contributed by atoms with van der Waals surface area (Å²) in [6.45, 7) is 9.41. The molecule has 0 unspecified atom stereocenters. The molecule has 0 bridgehead atoms. The van der Waals surface area contributed by atoms with Crippen LogP contribution >= 0.6 is 0 Å². The molecule has 0 saturated carbocycles. The van der Waals surface area contributed by atoms with E-state index in [1.807, 2.05) is 13.8 Å². The molecule has 1 aromatic rings. The van der Waals surface area contributed by atoms with E-state index in [9.17, 15) is 40.3 Å². The Balaban J connectivity index is 2.97. The molecule has 1 N–H and O–H groups in total. The van der Waals surface area contributed by atoms with Crippen LogP contribution in [0, 0.1) is 28.7 Å². The fourth-order valence-corrected chi connectivity index (χ4v) is 2.95. The number of halogens is 7. The second-order valence-electron chi connectivity index (χ2n) is 9.09. The zero-order chi connectivity index (χ0) is 28.1. The van der Waals surface area contributed by atoms with Crippen LogP contribution in [0.3, 0.4) is 0 Å². The molecule has 1 rings (SSSR count). The lowest BCUT2D eigenvalue weighted by atomic mass is 9.84. The van der Waals surface area contributed by atoms with Crippen molar-refractivity contribution >= 4 is 23.3 Å². The summed E-state index contributed by atoms with van der Waals surface area (Å²) in [4.78, 5) is 28.9. The Hall–Kier alpha value is -3.12. The summed E-state index contributed by atoms with van der Waals surface area (Å²) in [6, 6.07) is 0. The van der Waals surface area contributed by atoms with Crippen molar-refractivity contribution in [3.05, 3.63) is 41.0 Å². The van der Waals surface area contributed by atoms with Gasteiger partial charge in [-0.15, -0.1) is 0 Å². The monoisotopic (exact) mass is 528 g/mol. The van der Waals surface area contributed by atoms with E-state index >= 15 is 0 Å². The van der Waals surface area contributed by atoms with Crippen molar-refractivity contribution in [1.29, 1.82) is 0 Å². The Bertz CT molecular complexity index is 1020. The number of esters is 1. The zero-order valence-electron chi connectivity index (χ0n) is 20.5. The third kappa shape index (κ3) is 8.23. The molecule has 0 radical (unpaired) electrons. The molecule has 0 saturated heterocycles. The highest BCUT2D eigenvalue weighted by molar-refractivity contribution is 5.97. The lowest BCUT2D eigenvalue weighted by molar-refractivity contribution is -0.143. The van der Waals surface area contributed by atoms with Crippen molar-refractivity contribution in [2.24, 2.45) is 10.6 Å². The van der Waals surface area contributed by atoms with Crippen LogP contribution in [0.5, 0.6) is 0 Å². The lowest BCUT2D eigenvalue weighted by Crippen LogP contribution is -2.39. The fraction of sp³-hybridized carbons (Fsp3) is 0.522. The molecule has 1 aromatic carbocycles. The summed E-state index contributed by atoms with van der Waals surface area (Å²) < 4.78 is 98.7. The molecular formula is C23H27F7N2O4. The zero-order valence-corrected chi connectivity index (χ0v) is 20.5. The van der Waals surface area contributed by atoms with Gasteiger partial charge in [-0.3, -0.25) is 4.79 Å². The maximum atomic E-state index is 14.1. The van der Waals surface area contributed by atoms with Crippen molar-refractivity contribution in [2.75, 3.05) is 11.9 Å². The number of hydrogen-bond acceptors (Lipinski definition) is 5. The van der Waals surface area contributed by atoms with Crippen LogP contribution in [0.15, 0.2) is 17.3 Å². The second kappa shape index (κ2) is 11.7. The van der Waals surface area contributed by atoms with E-state index in [1.165, 1.54) is 11.4 Å². The van der Waals surface area contributed by atoms with Crippen LogP contribution < -0.4 is 5.32 Å². The van der Waals surface area contributed by atoms with Gasteiger partial charge in [-0.25, -0.2) is 22.4 Å². The van der Waals surface area contributed by atoms with Gasteiger partial charge in [0.2, 0.25) is 5.60 Å². The number of amides is 1. The fourth-order valence-electron chi connectivity index (χ4n) is 2.95. The van der Waals surface area contributed by atoms with Crippen LogP contribution in [0.2, 0.25) is 0 Å². The molecule has 13 heteroatoms. The highest BCUT2D eigenvalue weighted by Crippen LogP contribution is 2.38. The number of benzene rings is 1. The van der Waals surface area contributed by atoms with Crippen molar-refractivity contribution in [3.63, 3.8) is 0 Å². The molecule has 0 atom stereocenters. The number of carbonyl (C=O) groups is 2. The maximum Gasteiger partial charge on any atom is 0.422 e. The summed E-state index contributed by atoms with van der Waals surface area (Å²) in [5.41, 5.74) is -6.48. The standard InChI is InChI=1S/C23H27F7N2O4/c1-7-35-13(33)9-8-10-21(3,4)11-12(2)32-36-22(5,6)20(34)31-19-17(26)15(24)14(23(28,29)30)16(25)18(19)27/h8-9H,7,10-11H2,1-6H3,(H,31,34)/b9-8+,32-12+. The average molecular weight is 528 g/mol. The first-order valence-electron chi connectivity index (χ1n) is 10.6. The van der Waals surface area contributed by atoms with E-state index in [2.05, 4.69) is 5.16 Å². The van der Waals surface area contributed by atoms with Gasteiger partial charge < -0.3 is 14.9 Å².